The summed E-state index contributed by atoms with van der Waals surface area (Å²) in [6, 6.07) is 22.2. The largest absolute Gasteiger partial charge is 0.485 e. The SMILES string of the molecule is O=C1/C(=c2\sc3nc(C4COc5ccccc5O4)nn3c2=O)c2ccccc2N1Cc1ccccc1Cl. The number of anilines is 1. The third kappa shape index (κ3) is 3.50. The first-order valence-corrected chi connectivity index (χ1v) is 12.7. The standard InChI is InChI=1S/C27H17ClN4O4S/c28-17-9-3-1-7-15(17)13-31-18-10-4-2-8-16(18)22(25(31)33)23-26(34)32-27(37-23)29-24(30-32)21-14-35-19-11-5-6-12-20(19)36-21/h1-12,21H,13-14H2/b23-22-. The summed E-state index contributed by atoms with van der Waals surface area (Å²) in [7, 11) is 0. The lowest BCUT2D eigenvalue weighted by Gasteiger charge is -2.24. The number of para-hydroxylation sites is 3. The van der Waals surface area contributed by atoms with Crippen molar-refractivity contribution in [3.8, 4) is 11.5 Å². The summed E-state index contributed by atoms with van der Waals surface area (Å²) >= 11 is 7.51. The normalized spacial score (nSPS) is 17.9. The summed E-state index contributed by atoms with van der Waals surface area (Å²) in [6.45, 7) is 0.523. The van der Waals surface area contributed by atoms with Crippen molar-refractivity contribution in [3.05, 3.63) is 110 Å². The van der Waals surface area contributed by atoms with Gasteiger partial charge in [-0.3, -0.25) is 9.59 Å². The van der Waals surface area contributed by atoms with Crippen molar-refractivity contribution in [1.82, 2.24) is 14.6 Å². The fourth-order valence-electron chi connectivity index (χ4n) is 4.64. The maximum atomic E-state index is 13.7. The van der Waals surface area contributed by atoms with E-state index in [-0.39, 0.29) is 12.5 Å². The second-order valence-electron chi connectivity index (χ2n) is 8.64. The molecule has 4 heterocycles. The topological polar surface area (TPSA) is 86.0 Å². The summed E-state index contributed by atoms with van der Waals surface area (Å²) in [5.41, 5.74) is 2.20. The van der Waals surface area contributed by atoms with Gasteiger partial charge >= 0.3 is 0 Å². The molecule has 8 nitrogen and oxygen atoms in total. The molecule has 182 valence electrons. The molecule has 0 radical (unpaired) electrons. The van der Waals surface area contributed by atoms with Gasteiger partial charge < -0.3 is 14.4 Å². The third-order valence-electron chi connectivity index (χ3n) is 6.41. The summed E-state index contributed by atoms with van der Waals surface area (Å²) < 4.78 is 13.3. The maximum Gasteiger partial charge on any atom is 0.291 e. The first-order valence-electron chi connectivity index (χ1n) is 11.6. The second kappa shape index (κ2) is 8.43. The zero-order valence-corrected chi connectivity index (χ0v) is 20.7. The number of ether oxygens (including phenoxy) is 2. The Morgan fingerprint density at radius 1 is 0.973 bits per heavy atom. The molecule has 3 aromatic carbocycles. The summed E-state index contributed by atoms with van der Waals surface area (Å²) in [4.78, 5) is 33.7. The molecule has 1 amide bonds. The van der Waals surface area contributed by atoms with Crippen LogP contribution in [0.2, 0.25) is 5.02 Å². The van der Waals surface area contributed by atoms with Gasteiger partial charge in [0.05, 0.1) is 17.8 Å². The zero-order valence-electron chi connectivity index (χ0n) is 19.1. The van der Waals surface area contributed by atoms with Crippen molar-refractivity contribution >= 4 is 45.1 Å². The quantitative estimate of drug-likeness (QED) is 0.354. The molecule has 1 atom stereocenters. The van der Waals surface area contributed by atoms with Crippen LogP contribution in [-0.4, -0.2) is 27.1 Å². The van der Waals surface area contributed by atoms with Crippen molar-refractivity contribution in [1.29, 1.82) is 0 Å². The molecule has 10 heteroatoms. The van der Waals surface area contributed by atoms with E-state index in [9.17, 15) is 9.59 Å². The van der Waals surface area contributed by atoms with Gasteiger partial charge in [-0.25, -0.2) is 0 Å². The molecule has 7 rings (SSSR count). The first kappa shape index (κ1) is 22.0. The summed E-state index contributed by atoms with van der Waals surface area (Å²) in [5, 5.41) is 5.00. The average Bonchev–Trinajstić information content (AvgIpc) is 3.56. The van der Waals surface area contributed by atoms with Gasteiger partial charge in [0.2, 0.25) is 4.96 Å². The van der Waals surface area contributed by atoms with Gasteiger partial charge in [0.1, 0.15) is 11.1 Å². The number of amides is 1. The predicted molar refractivity (Wildman–Crippen MR) is 139 cm³/mol. The van der Waals surface area contributed by atoms with Crippen molar-refractivity contribution in [2.24, 2.45) is 0 Å². The van der Waals surface area contributed by atoms with E-state index < -0.39 is 11.7 Å². The molecular weight excluding hydrogens is 512 g/mol. The Morgan fingerprint density at radius 3 is 2.57 bits per heavy atom. The predicted octanol–water partition coefficient (Wildman–Crippen LogP) is 3.78. The number of aromatic nitrogens is 3. The summed E-state index contributed by atoms with van der Waals surface area (Å²) in [5.74, 6) is 1.35. The van der Waals surface area contributed by atoms with Crippen LogP contribution >= 0.6 is 22.9 Å². The Bertz CT molecular complexity index is 1830. The molecule has 2 aliphatic heterocycles. The first-order chi connectivity index (χ1) is 18.1. The Balaban J connectivity index is 1.30. The van der Waals surface area contributed by atoms with Crippen LogP contribution in [0.15, 0.2) is 77.6 Å². The number of carbonyl (C=O) groups excluding carboxylic acids is 1. The van der Waals surface area contributed by atoms with Crippen LogP contribution in [0.5, 0.6) is 11.5 Å². The number of fused-ring (bicyclic) bond motifs is 3. The monoisotopic (exact) mass is 528 g/mol. The molecular formula is C27H17ClN4O4S. The number of thiazole rings is 1. The van der Waals surface area contributed by atoms with Crippen LogP contribution in [0.3, 0.4) is 0 Å². The van der Waals surface area contributed by atoms with Gasteiger partial charge in [0.15, 0.2) is 23.4 Å². The number of halogens is 1. The lowest BCUT2D eigenvalue weighted by molar-refractivity contribution is -0.113. The van der Waals surface area contributed by atoms with Crippen molar-refractivity contribution in [2.75, 3.05) is 11.5 Å². The van der Waals surface area contributed by atoms with Crippen LogP contribution in [0.1, 0.15) is 23.1 Å². The molecule has 0 bridgehead atoms. The molecule has 0 N–H and O–H groups in total. The highest BCUT2D eigenvalue weighted by atomic mass is 35.5. The molecule has 0 spiro atoms. The molecule has 0 saturated carbocycles. The highest BCUT2D eigenvalue weighted by Gasteiger charge is 2.35. The number of carbonyl (C=O) groups is 1. The molecule has 2 aliphatic rings. The molecule has 5 aromatic rings. The Labute approximate surface area is 219 Å². The molecule has 0 aliphatic carbocycles. The zero-order chi connectivity index (χ0) is 25.1. The lowest BCUT2D eigenvalue weighted by Crippen LogP contribution is -2.32. The van der Waals surface area contributed by atoms with Crippen molar-refractivity contribution < 1.29 is 14.3 Å². The van der Waals surface area contributed by atoms with Crippen molar-refractivity contribution in [3.63, 3.8) is 0 Å². The third-order valence-corrected chi connectivity index (χ3v) is 7.81. The van der Waals surface area contributed by atoms with E-state index in [2.05, 4.69) is 10.1 Å². The minimum absolute atomic E-state index is 0.232. The number of hydrogen-bond donors (Lipinski definition) is 0. The molecule has 37 heavy (non-hydrogen) atoms. The Hall–Kier alpha value is -4.21. The van der Waals surface area contributed by atoms with Crippen LogP contribution in [0.4, 0.5) is 5.69 Å². The van der Waals surface area contributed by atoms with E-state index in [1.54, 1.807) is 11.0 Å². The van der Waals surface area contributed by atoms with Crippen LogP contribution in [0, 0.1) is 0 Å². The maximum absolute atomic E-state index is 13.7. The van der Waals surface area contributed by atoms with Gasteiger partial charge in [-0.05, 0) is 29.8 Å². The summed E-state index contributed by atoms with van der Waals surface area (Å²) in [6.07, 6.45) is -0.544. The minimum atomic E-state index is -0.544. The molecule has 0 saturated heterocycles. The van der Waals surface area contributed by atoms with E-state index in [1.807, 2.05) is 66.7 Å². The number of rotatable bonds is 3. The number of nitrogens with zero attached hydrogens (tertiary/aromatic N) is 4. The highest BCUT2D eigenvalue weighted by Crippen LogP contribution is 2.37. The number of benzene rings is 3. The average molecular weight is 529 g/mol. The van der Waals surface area contributed by atoms with Crippen molar-refractivity contribution in [2.45, 2.75) is 12.6 Å². The van der Waals surface area contributed by atoms with Crippen LogP contribution in [-0.2, 0) is 11.3 Å². The Kier molecular flexibility index (Phi) is 5.02. The van der Waals surface area contributed by atoms with Crippen LogP contribution in [0.25, 0.3) is 10.5 Å². The highest BCUT2D eigenvalue weighted by molar-refractivity contribution is 7.15. The van der Waals surface area contributed by atoms with Gasteiger partial charge in [-0.2, -0.15) is 9.50 Å². The second-order valence-corrected chi connectivity index (χ2v) is 10.0. The Morgan fingerprint density at radius 2 is 1.73 bits per heavy atom. The van der Waals surface area contributed by atoms with E-state index >= 15 is 0 Å². The smallest absolute Gasteiger partial charge is 0.291 e. The van der Waals surface area contributed by atoms with E-state index in [1.165, 1.54) is 4.52 Å². The minimum Gasteiger partial charge on any atom is -0.485 e. The lowest BCUT2D eigenvalue weighted by atomic mass is 10.1. The van der Waals surface area contributed by atoms with Gasteiger partial charge in [0.25, 0.3) is 11.5 Å². The molecule has 0 fully saturated rings. The van der Waals surface area contributed by atoms with Gasteiger partial charge in [0, 0.05) is 10.6 Å². The van der Waals surface area contributed by atoms with E-state index in [4.69, 9.17) is 21.1 Å². The molecule has 1 unspecified atom stereocenters. The number of hydrogen-bond acceptors (Lipinski definition) is 7. The van der Waals surface area contributed by atoms with Crippen LogP contribution < -0.4 is 24.5 Å². The molecule has 2 aromatic heterocycles. The van der Waals surface area contributed by atoms with E-state index in [0.717, 1.165) is 22.6 Å². The van der Waals surface area contributed by atoms with Gasteiger partial charge in [-0.1, -0.05) is 71.5 Å². The fourth-order valence-corrected chi connectivity index (χ4v) is 5.84. The van der Waals surface area contributed by atoms with Gasteiger partial charge in [-0.15, -0.1) is 5.10 Å². The van der Waals surface area contributed by atoms with E-state index in [0.29, 0.717) is 49.5 Å². The fraction of sp³-hybridized carbons (Fsp3) is 0.111.